The molecule has 28 heavy (non-hydrogen) atoms. The van der Waals surface area contributed by atoms with Gasteiger partial charge in [0.15, 0.2) is 0 Å². The zero-order valence-corrected chi connectivity index (χ0v) is 17.2. The summed E-state index contributed by atoms with van der Waals surface area (Å²) in [6.07, 6.45) is -3.40. The minimum atomic E-state index is -4.42. The van der Waals surface area contributed by atoms with Crippen molar-refractivity contribution in [2.45, 2.75) is 58.0 Å². The highest BCUT2D eigenvalue weighted by Crippen LogP contribution is 2.35. The van der Waals surface area contributed by atoms with Crippen LogP contribution in [-0.4, -0.2) is 25.6 Å². The Morgan fingerprint density at radius 3 is 2.14 bits per heavy atom. The molecule has 2 unspecified atom stereocenters. The Kier molecular flexibility index (Phi) is 6.81. The molecule has 9 heteroatoms. The summed E-state index contributed by atoms with van der Waals surface area (Å²) in [5, 5.41) is 2.15. The number of carbonyl (C=O) groups is 1. The van der Waals surface area contributed by atoms with E-state index < -0.39 is 27.0 Å². The van der Waals surface area contributed by atoms with Gasteiger partial charge in [-0.05, 0) is 62.8 Å². The predicted molar refractivity (Wildman–Crippen MR) is 102 cm³/mol. The van der Waals surface area contributed by atoms with Crippen LogP contribution in [0.1, 0.15) is 46.1 Å². The van der Waals surface area contributed by atoms with Gasteiger partial charge in [0.05, 0.1) is 10.8 Å². The molecular weight excluding hydrogens is 393 g/mol. The molecule has 5 nitrogen and oxygen atoms in total. The van der Waals surface area contributed by atoms with E-state index in [1.165, 1.54) is 12.1 Å². The third-order valence-electron chi connectivity index (χ3n) is 5.38. The quantitative estimate of drug-likeness (QED) is 0.755. The number of halogens is 3. The van der Waals surface area contributed by atoms with Gasteiger partial charge in [-0.3, -0.25) is 4.79 Å². The van der Waals surface area contributed by atoms with E-state index in [1.54, 1.807) is 13.8 Å². The molecule has 1 aliphatic carbocycles. The Labute approximate surface area is 164 Å². The lowest BCUT2D eigenvalue weighted by Gasteiger charge is -2.38. The molecule has 0 heterocycles. The lowest BCUT2D eigenvalue weighted by atomic mass is 9.72. The maximum atomic E-state index is 12.6. The third-order valence-corrected chi connectivity index (χ3v) is 7.25. The number of alkyl halides is 3. The van der Waals surface area contributed by atoms with E-state index in [4.69, 9.17) is 0 Å². The molecule has 158 valence electrons. The van der Waals surface area contributed by atoms with Gasteiger partial charge in [0.25, 0.3) is 0 Å². The zero-order valence-electron chi connectivity index (χ0n) is 16.4. The summed E-state index contributed by atoms with van der Waals surface area (Å²) in [5.74, 6) is -0.694. The number of carbonyl (C=O) groups excluding carboxylic acids is 1. The minimum absolute atomic E-state index is 0.0342. The molecule has 0 saturated heterocycles. The predicted octanol–water partition coefficient (Wildman–Crippen LogP) is 4.02. The second-order valence-electron chi connectivity index (χ2n) is 7.91. The molecular formula is C19H27F3N2O3S. The van der Waals surface area contributed by atoms with E-state index in [0.29, 0.717) is 18.5 Å². The number of sulfonamides is 1. The highest BCUT2D eigenvalue weighted by atomic mass is 32.2. The molecule has 0 aromatic heterocycles. The summed E-state index contributed by atoms with van der Waals surface area (Å²) in [5.41, 5.74) is -0.467. The van der Waals surface area contributed by atoms with Gasteiger partial charge >= 0.3 is 6.18 Å². The summed E-state index contributed by atoms with van der Waals surface area (Å²) in [7, 11) is -3.40. The average Bonchev–Trinajstić information content (AvgIpc) is 2.57. The highest BCUT2D eigenvalue weighted by molar-refractivity contribution is 7.90. The van der Waals surface area contributed by atoms with E-state index >= 15 is 0 Å². The SMILES string of the molecule is CC1C[C@@H](NS(=O)(=O)C(C)C)C(C)C[C@@H]1C(=O)Nc1ccc(C(F)(F)F)cc1. The summed E-state index contributed by atoms with van der Waals surface area (Å²) >= 11 is 0. The van der Waals surface area contributed by atoms with E-state index in [1.807, 2.05) is 13.8 Å². The van der Waals surface area contributed by atoms with Crippen LogP contribution in [0.4, 0.5) is 18.9 Å². The van der Waals surface area contributed by atoms with Gasteiger partial charge in [-0.25, -0.2) is 13.1 Å². The van der Waals surface area contributed by atoms with Crippen molar-refractivity contribution in [1.29, 1.82) is 0 Å². The van der Waals surface area contributed by atoms with Crippen LogP contribution >= 0.6 is 0 Å². The van der Waals surface area contributed by atoms with Crippen molar-refractivity contribution in [3.8, 4) is 0 Å². The molecule has 1 saturated carbocycles. The lowest BCUT2D eigenvalue weighted by Crippen LogP contribution is -2.48. The fourth-order valence-corrected chi connectivity index (χ4v) is 4.47. The van der Waals surface area contributed by atoms with Crippen molar-refractivity contribution in [3.63, 3.8) is 0 Å². The van der Waals surface area contributed by atoms with Crippen molar-refractivity contribution in [3.05, 3.63) is 29.8 Å². The molecule has 0 bridgehead atoms. The second kappa shape index (κ2) is 8.41. The smallest absolute Gasteiger partial charge is 0.326 e. The van der Waals surface area contributed by atoms with Crippen molar-refractivity contribution in [2.24, 2.45) is 17.8 Å². The van der Waals surface area contributed by atoms with Crippen LogP contribution in [0, 0.1) is 17.8 Å². The number of anilines is 1. The second-order valence-corrected chi connectivity index (χ2v) is 10.2. The van der Waals surface area contributed by atoms with E-state index in [9.17, 15) is 26.4 Å². The van der Waals surface area contributed by atoms with Crippen LogP contribution in [0.15, 0.2) is 24.3 Å². The number of hydrogen-bond acceptors (Lipinski definition) is 3. The molecule has 1 amide bonds. The van der Waals surface area contributed by atoms with Gasteiger partial charge in [-0.2, -0.15) is 13.2 Å². The monoisotopic (exact) mass is 420 g/mol. The Morgan fingerprint density at radius 1 is 1.07 bits per heavy atom. The van der Waals surface area contributed by atoms with Crippen molar-refractivity contribution >= 4 is 21.6 Å². The topological polar surface area (TPSA) is 75.3 Å². The summed E-state index contributed by atoms with van der Waals surface area (Å²) in [6.45, 7) is 7.01. The number of rotatable bonds is 5. The Balaban J connectivity index is 2.02. The summed E-state index contributed by atoms with van der Waals surface area (Å²) in [4.78, 5) is 12.6. The summed E-state index contributed by atoms with van der Waals surface area (Å²) < 4.78 is 64.9. The van der Waals surface area contributed by atoms with Gasteiger partial charge in [0, 0.05) is 17.6 Å². The largest absolute Gasteiger partial charge is 0.416 e. The highest BCUT2D eigenvalue weighted by Gasteiger charge is 2.38. The Bertz CT molecular complexity index is 792. The molecule has 0 spiro atoms. The molecule has 0 aliphatic heterocycles. The van der Waals surface area contributed by atoms with Crippen molar-refractivity contribution in [2.75, 3.05) is 5.32 Å². The Hall–Kier alpha value is -1.61. The first-order valence-corrected chi connectivity index (χ1v) is 10.8. The van der Waals surface area contributed by atoms with Crippen molar-refractivity contribution in [1.82, 2.24) is 4.72 Å². The van der Waals surface area contributed by atoms with Crippen LogP contribution in [-0.2, 0) is 21.0 Å². The first-order valence-electron chi connectivity index (χ1n) is 9.30. The number of nitrogens with one attached hydrogen (secondary N) is 2. The van der Waals surface area contributed by atoms with E-state index in [-0.39, 0.29) is 29.7 Å². The zero-order chi connectivity index (χ0) is 21.3. The summed E-state index contributed by atoms with van der Waals surface area (Å²) in [6, 6.07) is 4.09. The first kappa shape index (κ1) is 22.7. The fourth-order valence-electron chi connectivity index (χ4n) is 3.45. The van der Waals surface area contributed by atoms with Gasteiger partial charge in [0.1, 0.15) is 0 Å². The minimum Gasteiger partial charge on any atom is -0.326 e. The normalized spacial score (nSPS) is 26.3. The van der Waals surface area contributed by atoms with Gasteiger partial charge in [-0.15, -0.1) is 0 Å². The maximum Gasteiger partial charge on any atom is 0.416 e. The molecule has 1 aliphatic rings. The van der Waals surface area contributed by atoms with Crippen LogP contribution in [0.2, 0.25) is 0 Å². The number of benzene rings is 1. The molecule has 0 radical (unpaired) electrons. The number of hydrogen-bond donors (Lipinski definition) is 2. The van der Waals surface area contributed by atoms with Crippen LogP contribution in [0.5, 0.6) is 0 Å². The average molecular weight is 420 g/mol. The molecule has 2 rings (SSSR count). The van der Waals surface area contributed by atoms with Gasteiger partial charge < -0.3 is 5.32 Å². The molecule has 2 N–H and O–H groups in total. The molecule has 1 aromatic carbocycles. The standard InChI is InChI=1S/C19H27F3N2O3S/c1-11(2)28(26,27)24-17-10-12(3)16(9-13(17)4)18(25)23-15-7-5-14(6-8-15)19(20,21)22/h5-8,11-13,16-17,24H,9-10H2,1-4H3,(H,23,25)/t12?,13?,16-,17+/m0/s1. The van der Waals surface area contributed by atoms with Crippen LogP contribution in [0.25, 0.3) is 0 Å². The molecule has 1 aromatic rings. The van der Waals surface area contributed by atoms with E-state index in [2.05, 4.69) is 10.0 Å². The molecule has 1 fully saturated rings. The van der Waals surface area contributed by atoms with Gasteiger partial charge in [0.2, 0.25) is 15.9 Å². The van der Waals surface area contributed by atoms with Gasteiger partial charge in [-0.1, -0.05) is 13.8 Å². The van der Waals surface area contributed by atoms with Crippen LogP contribution in [0.3, 0.4) is 0 Å². The third kappa shape index (κ3) is 5.47. The van der Waals surface area contributed by atoms with Crippen LogP contribution < -0.4 is 10.0 Å². The van der Waals surface area contributed by atoms with Crippen molar-refractivity contribution < 1.29 is 26.4 Å². The fraction of sp³-hybridized carbons (Fsp3) is 0.632. The number of amides is 1. The first-order chi connectivity index (χ1) is 12.8. The Morgan fingerprint density at radius 2 is 1.64 bits per heavy atom. The maximum absolute atomic E-state index is 12.6. The lowest BCUT2D eigenvalue weighted by molar-refractivity contribution is -0.137. The molecule has 4 atom stereocenters. The van der Waals surface area contributed by atoms with E-state index in [0.717, 1.165) is 12.1 Å².